The number of carbonyl (C=O) groups is 2. The number of rotatable bonds is 4. The van der Waals surface area contributed by atoms with Crippen LogP contribution in [-0.4, -0.2) is 54.3 Å². The molecular formula is C18H23FN2O4. The molecule has 6 nitrogen and oxygen atoms in total. The number of hydrogen-bond donors (Lipinski definition) is 0. The fourth-order valence-corrected chi connectivity index (χ4v) is 2.66. The Bertz CT molecular complexity index is 623. The van der Waals surface area contributed by atoms with Crippen LogP contribution in [-0.2, 0) is 16.1 Å². The average molecular weight is 350 g/mol. The highest BCUT2D eigenvalue weighted by Crippen LogP contribution is 2.21. The lowest BCUT2D eigenvalue weighted by atomic mass is 10.0. The highest BCUT2D eigenvalue weighted by molar-refractivity contribution is 5.69. The van der Waals surface area contributed by atoms with E-state index in [1.807, 2.05) is 30.3 Å². The molecule has 0 aliphatic carbocycles. The number of ether oxygens (including phenoxy) is 2. The Morgan fingerprint density at radius 3 is 2.64 bits per heavy atom. The second kappa shape index (κ2) is 8.50. The van der Waals surface area contributed by atoms with Gasteiger partial charge in [0.2, 0.25) is 0 Å². The number of piperidine rings is 1. The molecule has 0 unspecified atom stereocenters. The molecule has 1 aliphatic rings. The van der Waals surface area contributed by atoms with Crippen LogP contribution < -0.4 is 0 Å². The summed E-state index contributed by atoms with van der Waals surface area (Å²) < 4.78 is 24.6. The van der Waals surface area contributed by atoms with E-state index in [9.17, 15) is 14.0 Å². The molecule has 0 radical (unpaired) electrons. The number of nitrogens with zero attached hydrogens (tertiary/aromatic N) is 2. The van der Waals surface area contributed by atoms with Crippen molar-refractivity contribution in [3.63, 3.8) is 0 Å². The van der Waals surface area contributed by atoms with Crippen molar-refractivity contribution in [2.75, 3.05) is 20.1 Å². The summed E-state index contributed by atoms with van der Waals surface area (Å²) >= 11 is 0. The number of carbonyl (C=O) groups excluding carboxylic acids is 2. The lowest BCUT2D eigenvalue weighted by Gasteiger charge is -2.38. The third-order valence-corrected chi connectivity index (χ3v) is 4.02. The van der Waals surface area contributed by atoms with E-state index in [0.29, 0.717) is 13.0 Å². The third kappa shape index (κ3) is 5.20. The minimum absolute atomic E-state index is 0.122. The van der Waals surface area contributed by atoms with Crippen molar-refractivity contribution < 1.29 is 23.5 Å². The first kappa shape index (κ1) is 18.8. The topological polar surface area (TPSA) is 59.1 Å². The summed E-state index contributed by atoms with van der Waals surface area (Å²) in [7, 11) is 1.48. The summed E-state index contributed by atoms with van der Waals surface area (Å²) in [6, 6.07) is 8.63. The van der Waals surface area contributed by atoms with Crippen LogP contribution in [0.5, 0.6) is 0 Å². The van der Waals surface area contributed by atoms with Gasteiger partial charge in [-0.2, -0.15) is 0 Å². The quantitative estimate of drug-likeness (QED) is 0.782. The zero-order valence-electron chi connectivity index (χ0n) is 14.5. The Kier molecular flexibility index (Phi) is 6.38. The Labute approximate surface area is 146 Å². The summed E-state index contributed by atoms with van der Waals surface area (Å²) in [6.07, 6.45) is -2.28. The van der Waals surface area contributed by atoms with E-state index in [-0.39, 0.29) is 18.9 Å². The van der Waals surface area contributed by atoms with Crippen molar-refractivity contribution >= 4 is 12.2 Å². The monoisotopic (exact) mass is 350 g/mol. The smallest absolute Gasteiger partial charge is 0.414 e. The van der Waals surface area contributed by atoms with Crippen LogP contribution in [0, 0.1) is 0 Å². The summed E-state index contributed by atoms with van der Waals surface area (Å²) in [5.41, 5.74) is 0.866. The van der Waals surface area contributed by atoms with Gasteiger partial charge in [-0.05, 0) is 18.9 Å². The van der Waals surface area contributed by atoms with Gasteiger partial charge in [0, 0.05) is 13.6 Å². The molecule has 1 aliphatic heterocycles. The predicted molar refractivity (Wildman–Crippen MR) is 90.6 cm³/mol. The van der Waals surface area contributed by atoms with Gasteiger partial charge < -0.3 is 19.3 Å². The Morgan fingerprint density at radius 2 is 2.04 bits per heavy atom. The molecule has 1 aromatic carbocycles. The second-order valence-corrected chi connectivity index (χ2v) is 6.04. The number of hydrogen-bond acceptors (Lipinski definition) is 4. The minimum atomic E-state index is -1.37. The first-order valence-electron chi connectivity index (χ1n) is 8.08. The highest BCUT2D eigenvalue weighted by atomic mass is 19.1. The summed E-state index contributed by atoms with van der Waals surface area (Å²) in [4.78, 5) is 26.5. The number of likely N-dealkylation sites (tertiary alicyclic amines) is 1. The van der Waals surface area contributed by atoms with E-state index in [0.717, 1.165) is 5.56 Å². The lowest BCUT2D eigenvalue weighted by molar-refractivity contribution is 0.0315. The largest absolute Gasteiger partial charge is 0.445 e. The molecule has 0 bridgehead atoms. The number of halogens is 1. The molecule has 1 heterocycles. The maximum Gasteiger partial charge on any atom is 0.414 e. The number of benzene rings is 1. The van der Waals surface area contributed by atoms with Gasteiger partial charge in [0.25, 0.3) is 0 Å². The van der Waals surface area contributed by atoms with Gasteiger partial charge in [0.15, 0.2) is 0 Å². The fourth-order valence-electron chi connectivity index (χ4n) is 2.66. The summed E-state index contributed by atoms with van der Waals surface area (Å²) in [6.45, 7) is 5.36. The molecule has 1 saturated heterocycles. The molecule has 2 atom stereocenters. The molecule has 0 aromatic heterocycles. The fraction of sp³-hybridized carbons (Fsp3) is 0.444. The molecule has 0 N–H and O–H groups in total. The molecule has 1 aromatic rings. The van der Waals surface area contributed by atoms with Gasteiger partial charge >= 0.3 is 12.2 Å². The van der Waals surface area contributed by atoms with Crippen LogP contribution in [0.25, 0.3) is 0 Å². The van der Waals surface area contributed by atoms with Gasteiger partial charge in [-0.3, -0.25) is 0 Å². The van der Waals surface area contributed by atoms with Crippen molar-refractivity contribution in [3.05, 3.63) is 48.2 Å². The van der Waals surface area contributed by atoms with Crippen LogP contribution in [0.15, 0.2) is 42.7 Å². The lowest BCUT2D eigenvalue weighted by Crippen LogP contribution is -2.54. The molecule has 7 heteroatoms. The zero-order chi connectivity index (χ0) is 18.4. The van der Waals surface area contributed by atoms with Gasteiger partial charge in [-0.1, -0.05) is 36.9 Å². The van der Waals surface area contributed by atoms with Gasteiger partial charge in [0.05, 0.1) is 18.3 Å². The van der Waals surface area contributed by atoms with E-state index < -0.39 is 24.4 Å². The molecule has 1 fully saturated rings. The Balaban J connectivity index is 1.84. The maximum absolute atomic E-state index is 14.4. The molecular weight excluding hydrogens is 327 g/mol. The average Bonchev–Trinajstić information content (AvgIpc) is 2.59. The second-order valence-electron chi connectivity index (χ2n) is 6.04. The maximum atomic E-state index is 14.4. The molecule has 0 spiro atoms. The normalized spacial score (nSPS) is 19.9. The zero-order valence-corrected chi connectivity index (χ0v) is 14.5. The molecule has 0 saturated carbocycles. The SMILES string of the molecule is C=C(C)OC(=O)N(C)[C@H]1CCN(C(=O)OCc2ccccc2)C[C@H]1F. The van der Waals surface area contributed by atoms with Crippen molar-refractivity contribution in [1.82, 2.24) is 9.80 Å². The Hall–Kier alpha value is -2.57. The molecule has 2 amide bonds. The van der Waals surface area contributed by atoms with Crippen molar-refractivity contribution in [2.24, 2.45) is 0 Å². The van der Waals surface area contributed by atoms with Crippen molar-refractivity contribution in [2.45, 2.75) is 32.2 Å². The molecule has 25 heavy (non-hydrogen) atoms. The van der Waals surface area contributed by atoms with E-state index in [2.05, 4.69) is 6.58 Å². The van der Waals surface area contributed by atoms with Crippen molar-refractivity contribution in [3.8, 4) is 0 Å². The summed E-state index contributed by atoms with van der Waals surface area (Å²) in [5.74, 6) is 0.245. The first-order valence-corrected chi connectivity index (χ1v) is 8.08. The summed E-state index contributed by atoms with van der Waals surface area (Å²) in [5, 5.41) is 0. The number of allylic oxidation sites excluding steroid dienone is 1. The van der Waals surface area contributed by atoms with Gasteiger partial charge in [-0.15, -0.1) is 0 Å². The highest BCUT2D eigenvalue weighted by Gasteiger charge is 2.36. The van der Waals surface area contributed by atoms with Crippen LogP contribution in [0.1, 0.15) is 18.9 Å². The van der Waals surface area contributed by atoms with Gasteiger partial charge in [0.1, 0.15) is 12.8 Å². The van der Waals surface area contributed by atoms with Crippen LogP contribution in [0.4, 0.5) is 14.0 Å². The van der Waals surface area contributed by atoms with Crippen molar-refractivity contribution in [1.29, 1.82) is 0 Å². The van der Waals surface area contributed by atoms with E-state index in [1.54, 1.807) is 6.92 Å². The van der Waals surface area contributed by atoms with E-state index >= 15 is 0 Å². The predicted octanol–water partition coefficient (Wildman–Crippen LogP) is 3.34. The number of alkyl halides is 1. The minimum Gasteiger partial charge on any atom is -0.445 e. The van der Waals surface area contributed by atoms with Crippen LogP contribution in [0.2, 0.25) is 0 Å². The van der Waals surface area contributed by atoms with E-state index in [4.69, 9.17) is 9.47 Å². The molecule has 136 valence electrons. The first-order chi connectivity index (χ1) is 11.9. The third-order valence-electron chi connectivity index (χ3n) is 4.02. The molecule has 2 rings (SSSR count). The van der Waals surface area contributed by atoms with Crippen LogP contribution in [0.3, 0.4) is 0 Å². The number of amides is 2. The Morgan fingerprint density at radius 1 is 1.36 bits per heavy atom. The standard InChI is InChI=1S/C18H23FN2O4/c1-13(2)25-17(22)20(3)16-9-10-21(11-15(16)19)18(23)24-12-14-7-5-4-6-8-14/h4-8,15-16H,1,9-12H2,2-3H3/t15-,16+/m1/s1. The van der Waals surface area contributed by atoms with Crippen LogP contribution >= 0.6 is 0 Å². The van der Waals surface area contributed by atoms with E-state index in [1.165, 1.54) is 16.8 Å². The van der Waals surface area contributed by atoms with Gasteiger partial charge in [-0.25, -0.2) is 14.0 Å².